The normalized spacial score (nSPS) is 16.3. The Morgan fingerprint density at radius 1 is 1.53 bits per heavy atom. The first-order valence-electron chi connectivity index (χ1n) is 5.94. The Balaban J connectivity index is 2.15. The molecule has 0 radical (unpaired) electrons. The minimum absolute atomic E-state index is 0.538. The minimum Gasteiger partial charge on any atom is -0.332 e. The van der Waals surface area contributed by atoms with E-state index in [-0.39, 0.29) is 0 Å². The van der Waals surface area contributed by atoms with Crippen molar-refractivity contribution in [1.29, 1.82) is 0 Å². The van der Waals surface area contributed by atoms with Crippen LogP contribution in [0.3, 0.4) is 0 Å². The van der Waals surface area contributed by atoms with Crippen LogP contribution in [0.1, 0.15) is 50.2 Å². The molecule has 0 aliphatic heterocycles. The third-order valence-corrected chi connectivity index (χ3v) is 2.94. The van der Waals surface area contributed by atoms with Crippen LogP contribution in [0.4, 0.5) is 0 Å². The number of hydrogen-bond donors (Lipinski definition) is 1. The second-order valence-corrected chi connectivity index (χ2v) is 4.72. The van der Waals surface area contributed by atoms with E-state index in [0.717, 1.165) is 18.9 Å². The van der Waals surface area contributed by atoms with Crippen molar-refractivity contribution in [2.45, 2.75) is 45.1 Å². The lowest BCUT2D eigenvalue weighted by Gasteiger charge is -2.09. The van der Waals surface area contributed by atoms with E-state index < -0.39 is 0 Å². The summed E-state index contributed by atoms with van der Waals surface area (Å²) in [5.41, 5.74) is 1.24. The Labute approximate surface area is 91.9 Å². The predicted molar refractivity (Wildman–Crippen MR) is 62.2 cm³/mol. The first-order chi connectivity index (χ1) is 7.22. The lowest BCUT2D eigenvalue weighted by atomic mass is 10.3. The molecule has 0 amide bonds. The highest BCUT2D eigenvalue weighted by Crippen LogP contribution is 2.40. The maximum atomic E-state index is 4.75. The number of hydrogen-bond acceptors (Lipinski definition) is 2. The average Bonchev–Trinajstić information content (AvgIpc) is 2.95. The fraction of sp³-hybridized carbons (Fsp3) is 0.750. The Hall–Kier alpha value is -0.830. The molecule has 3 heteroatoms. The Morgan fingerprint density at radius 2 is 2.27 bits per heavy atom. The standard InChI is InChI=1S/C12H21N3/c1-9(2)15-8-11(6-7-13-3)14-12(15)10-4-5-10/h8-10,13H,4-7H2,1-3H3. The summed E-state index contributed by atoms with van der Waals surface area (Å²) in [6.45, 7) is 5.48. The maximum Gasteiger partial charge on any atom is 0.112 e. The van der Waals surface area contributed by atoms with Gasteiger partial charge in [-0.15, -0.1) is 0 Å². The van der Waals surface area contributed by atoms with Crippen LogP contribution in [-0.2, 0) is 6.42 Å². The number of rotatable bonds is 5. The molecule has 0 spiro atoms. The van der Waals surface area contributed by atoms with Gasteiger partial charge in [0.2, 0.25) is 0 Å². The first kappa shape index (κ1) is 10.7. The van der Waals surface area contributed by atoms with Crippen molar-refractivity contribution < 1.29 is 0 Å². The second-order valence-electron chi connectivity index (χ2n) is 4.72. The van der Waals surface area contributed by atoms with Gasteiger partial charge in [0, 0.05) is 31.1 Å². The van der Waals surface area contributed by atoms with Crippen molar-refractivity contribution in [2.75, 3.05) is 13.6 Å². The number of imidazole rings is 1. The van der Waals surface area contributed by atoms with Gasteiger partial charge >= 0.3 is 0 Å². The van der Waals surface area contributed by atoms with Gasteiger partial charge in [-0.1, -0.05) is 0 Å². The summed E-state index contributed by atoms with van der Waals surface area (Å²) in [7, 11) is 1.99. The van der Waals surface area contributed by atoms with Crippen LogP contribution >= 0.6 is 0 Å². The monoisotopic (exact) mass is 207 g/mol. The van der Waals surface area contributed by atoms with Crippen LogP contribution in [0.25, 0.3) is 0 Å². The molecule has 1 aliphatic rings. The number of nitrogens with one attached hydrogen (secondary N) is 1. The summed E-state index contributed by atoms with van der Waals surface area (Å²) < 4.78 is 2.35. The maximum absolute atomic E-state index is 4.75. The van der Waals surface area contributed by atoms with Crippen LogP contribution in [0.15, 0.2) is 6.20 Å². The highest BCUT2D eigenvalue weighted by Gasteiger charge is 2.29. The highest BCUT2D eigenvalue weighted by molar-refractivity contribution is 5.14. The molecule has 15 heavy (non-hydrogen) atoms. The van der Waals surface area contributed by atoms with Gasteiger partial charge in [-0.2, -0.15) is 0 Å². The molecule has 1 saturated carbocycles. The Bertz CT molecular complexity index is 304. The zero-order valence-electron chi connectivity index (χ0n) is 9.95. The van der Waals surface area contributed by atoms with Crippen molar-refractivity contribution in [2.24, 2.45) is 0 Å². The Morgan fingerprint density at radius 3 is 2.80 bits per heavy atom. The van der Waals surface area contributed by atoms with Gasteiger partial charge in [-0.25, -0.2) is 4.98 Å². The van der Waals surface area contributed by atoms with Gasteiger partial charge in [-0.05, 0) is 33.7 Å². The third kappa shape index (κ3) is 2.40. The molecule has 1 aliphatic carbocycles. The van der Waals surface area contributed by atoms with Gasteiger partial charge < -0.3 is 9.88 Å². The summed E-state index contributed by atoms with van der Waals surface area (Å²) in [4.78, 5) is 4.75. The molecule has 0 atom stereocenters. The molecule has 0 bridgehead atoms. The van der Waals surface area contributed by atoms with Crippen LogP contribution < -0.4 is 5.32 Å². The van der Waals surface area contributed by atoms with E-state index in [0.29, 0.717) is 6.04 Å². The lowest BCUT2D eigenvalue weighted by Crippen LogP contribution is -2.10. The topological polar surface area (TPSA) is 29.9 Å². The quantitative estimate of drug-likeness (QED) is 0.801. The van der Waals surface area contributed by atoms with Crippen molar-refractivity contribution in [3.63, 3.8) is 0 Å². The summed E-state index contributed by atoms with van der Waals surface area (Å²) in [5, 5.41) is 3.17. The summed E-state index contributed by atoms with van der Waals surface area (Å²) >= 11 is 0. The fourth-order valence-corrected chi connectivity index (χ4v) is 1.89. The molecule has 1 aromatic rings. The van der Waals surface area contributed by atoms with Crippen molar-refractivity contribution in [3.05, 3.63) is 17.7 Å². The van der Waals surface area contributed by atoms with E-state index in [1.165, 1.54) is 24.4 Å². The van der Waals surface area contributed by atoms with Gasteiger partial charge in [0.15, 0.2) is 0 Å². The Kier molecular flexibility index (Phi) is 3.10. The average molecular weight is 207 g/mol. The molecule has 0 unspecified atom stereocenters. The molecule has 1 fully saturated rings. The smallest absolute Gasteiger partial charge is 0.112 e. The van der Waals surface area contributed by atoms with Crippen LogP contribution in [0.2, 0.25) is 0 Å². The van der Waals surface area contributed by atoms with E-state index in [4.69, 9.17) is 4.98 Å². The lowest BCUT2D eigenvalue weighted by molar-refractivity contribution is 0.569. The fourth-order valence-electron chi connectivity index (χ4n) is 1.89. The number of aromatic nitrogens is 2. The van der Waals surface area contributed by atoms with E-state index in [9.17, 15) is 0 Å². The van der Waals surface area contributed by atoms with Crippen LogP contribution in [-0.4, -0.2) is 23.1 Å². The molecule has 1 aromatic heterocycles. The molecule has 84 valence electrons. The van der Waals surface area contributed by atoms with Crippen molar-refractivity contribution in [1.82, 2.24) is 14.9 Å². The molecule has 0 aromatic carbocycles. The second kappa shape index (κ2) is 4.35. The van der Waals surface area contributed by atoms with Crippen LogP contribution in [0.5, 0.6) is 0 Å². The third-order valence-electron chi connectivity index (χ3n) is 2.94. The van der Waals surface area contributed by atoms with Crippen molar-refractivity contribution in [3.8, 4) is 0 Å². The largest absolute Gasteiger partial charge is 0.332 e. The predicted octanol–water partition coefficient (Wildman–Crippen LogP) is 2.10. The molecule has 1 N–H and O–H groups in total. The van der Waals surface area contributed by atoms with Gasteiger partial charge in [-0.3, -0.25) is 0 Å². The van der Waals surface area contributed by atoms with E-state index >= 15 is 0 Å². The molecule has 3 nitrogen and oxygen atoms in total. The number of nitrogens with zero attached hydrogens (tertiary/aromatic N) is 2. The van der Waals surface area contributed by atoms with E-state index in [1.807, 2.05) is 7.05 Å². The summed E-state index contributed by atoms with van der Waals surface area (Å²) in [6, 6.07) is 0.538. The van der Waals surface area contributed by atoms with E-state index in [2.05, 4.69) is 29.9 Å². The zero-order chi connectivity index (χ0) is 10.8. The van der Waals surface area contributed by atoms with Gasteiger partial charge in [0.1, 0.15) is 5.82 Å². The number of likely N-dealkylation sites (N-methyl/N-ethyl adjacent to an activating group) is 1. The minimum atomic E-state index is 0.538. The first-order valence-corrected chi connectivity index (χ1v) is 5.94. The summed E-state index contributed by atoms with van der Waals surface area (Å²) in [6.07, 6.45) is 5.93. The molecular weight excluding hydrogens is 186 g/mol. The molecule has 1 heterocycles. The van der Waals surface area contributed by atoms with Crippen LogP contribution in [0, 0.1) is 0 Å². The molecule has 2 rings (SSSR count). The van der Waals surface area contributed by atoms with E-state index in [1.54, 1.807) is 0 Å². The van der Waals surface area contributed by atoms with Crippen molar-refractivity contribution >= 4 is 0 Å². The zero-order valence-corrected chi connectivity index (χ0v) is 9.95. The molecular formula is C12H21N3. The van der Waals surface area contributed by atoms with Gasteiger partial charge in [0.25, 0.3) is 0 Å². The van der Waals surface area contributed by atoms with Gasteiger partial charge in [0.05, 0.1) is 5.69 Å². The highest BCUT2D eigenvalue weighted by atomic mass is 15.1. The molecule has 0 saturated heterocycles. The summed E-state index contributed by atoms with van der Waals surface area (Å²) in [5.74, 6) is 2.06. The SMILES string of the molecule is CNCCc1cn(C(C)C)c(C2CC2)n1.